The minimum absolute atomic E-state index is 0.0901. The van der Waals surface area contributed by atoms with Crippen LogP contribution < -0.4 is 11.1 Å². The monoisotopic (exact) mass is 540 g/mol. The number of nitriles is 1. The maximum absolute atomic E-state index is 13.3. The van der Waals surface area contributed by atoms with E-state index in [4.69, 9.17) is 15.7 Å². The van der Waals surface area contributed by atoms with Gasteiger partial charge < -0.3 is 15.0 Å². The predicted molar refractivity (Wildman–Crippen MR) is 149 cm³/mol. The molecule has 1 aromatic heterocycles. The molecule has 4 aromatic rings. The van der Waals surface area contributed by atoms with Gasteiger partial charge in [-0.05, 0) is 47.5 Å². The van der Waals surface area contributed by atoms with Crippen LogP contribution in [-0.4, -0.2) is 29.3 Å². The average Bonchev–Trinajstić information content (AvgIpc) is 3.42. The maximum Gasteiger partial charge on any atom is 0.352 e. The molecule has 3 aromatic carbocycles. The summed E-state index contributed by atoms with van der Waals surface area (Å²) in [5.41, 5.74) is 6.50. The maximum atomic E-state index is 13.3. The molecule has 2 amide bonds. The molecule has 1 heterocycles. The fraction of sp³-hybridized carbons (Fsp3) is 0.200. The van der Waals surface area contributed by atoms with Crippen LogP contribution >= 0.6 is 11.3 Å². The van der Waals surface area contributed by atoms with Crippen molar-refractivity contribution in [3.8, 4) is 6.07 Å². The summed E-state index contributed by atoms with van der Waals surface area (Å²) in [5, 5.41) is 13.2. The molecule has 0 saturated heterocycles. The van der Waals surface area contributed by atoms with E-state index in [2.05, 4.69) is 11.4 Å². The Labute approximate surface area is 230 Å². The van der Waals surface area contributed by atoms with Crippen LogP contribution in [0.4, 0.5) is 0 Å². The molecule has 0 aliphatic carbocycles. The highest BCUT2D eigenvalue weighted by Gasteiger charge is 2.45. The number of hydrogen-bond donors (Lipinski definition) is 2. The second-order valence-electron chi connectivity index (χ2n) is 8.88. The highest BCUT2D eigenvalue weighted by molar-refractivity contribution is 7.12. The molecule has 0 aliphatic heterocycles. The molecule has 0 bridgehead atoms. The summed E-state index contributed by atoms with van der Waals surface area (Å²) in [6.07, 6.45) is 0. The van der Waals surface area contributed by atoms with Gasteiger partial charge in [-0.25, -0.2) is 4.79 Å². The summed E-state index contributed by atoms with van der Waals surface area (Å²) in [4.78, 5) is 42.0. The molecule has 0 saturated carbocycles. The third-order valence-electron chi connectivity index (χ3n) is 6.34. The number of nitrogens with zero attached hydrogens (tertiary/aromatic N) is 2. The zero-order valence-corrected chi connectivity index (χ0v) is 22.5. The summed E-state index contributed by atoms with van der Waals surface area (Å²) >= 11 is 1.32. The third-order valence-corrected chi connectivity index (χ3v) is 7.33. The van der Waals surface area contributed by atoms with Gasteiger partial charge in [-0.3, -0.25) is 15.3 Å². The summed E-state index contributed by atoms with van der Waals surface area (Å²) in [6, 6.07) is 25.2. The smallest absolute Gasteiger partial charge is 0.352 e. The lowest BCUT2D eigenvalue weighted by Crippen LogP contribution is -2.60. The predicted octanol–water partition coefficient (Wildman–Crippen LogP) is 4.43. The molecule has 0 spiro atoms. The Hall–Kier alpha value is -4.52. The van der Waals surface area contributed by atoms with Gasteiger partial charge >= 0.3 is 5.97 Å². The molecular weight excluding hydrogens is 512 g/mol. The van der Waals surface area contributed by atoms with Crippen LogP contribution in [0.2, 0.25) is 0 Å². The minimum atomic E-state index is -1.90. The lowest BCUT2D eigenvalue weighted by atomic mass is 9.93. The van der Waals surface area contributed by atoms with Gasteiger partial charge in [0.25, 0.3) is 5.91 Å². The van der Waals surface area contributed by atoms with Crippen LogP contribution in [0.5, 0.6) is 0 Å². The quantitative estimate of drug-likeness (QED) is 0.239. The largest absolute Gasteiger partial charge is 0.463 e. The van der Waals surface area contributed by atoms with Gasteiger partial charge in [0.15, 0.2) is 0 Å². The molecule has 0 radical (unpaired) electrons. The fourth-order valence-electron chi connectivity index (χ4n) is 4.39. The van der Waals surface area contributed by atoms with E-state index >= 15 is 0 Å². The first-order chi connectivity index (χ1) is 18.8. The van der Waals surface area contributed by atoms with Crippen molar-refractivity contribution in [1.82, 2.24) is 10.2 Å². The Morgan fingerprint density at radius 3 is 2.49 bits per heavy atom. The summed E-state index contributed by atoms with van der Waals surface area (Å²) in [7, 11) is 0. The van der Waals surface area contributed by atoms with Gasteiger partial charge in [0.05, 0.1) is 13.2 Å². The normalized spacial score (nSPS) is 12.3. The van der Waals surface area contributed by atoms with E-state index in [0.29, 0.717) is 33.3 Å². The van der Waals surface area contributed by atoms with Crippen molar-refractivity contribution in [2.75, 3.05) is 6.61 Å². The van der Waals surface area contributed by atoms with E-state index in [0.717, 1.165) is 10.4 Å². The zero-order valence-electron chi connectivity index (χ0n) is 21.6. The van der Waals surface area contributed by atoms with Gasteiger partial charge in [0.1, 0.15) is 10.9 Å². The Kier molecular flexibility index (Phi) is 8.39. The van der Waals surface area contributed by atoms with Gasteiger partial charge in [0.2, 0.25) is 11.6 Å². The molecule has 8 nitrogen and oxygen atoms in total. The number of fused-ring (bicyclic) bond motifs is 1. The number of nitrogens with two attached hydrogens (primary N) is 1. The molecule has 3 N–H and O–H groups in total. The molecule has 1 atom stereocenters. The highest BCUT2D eigenvalue weighted by Crippen LogP contribution is 2.31. The number of carbonyl (C=O) groups is 3. The van der Waals surface area contributed by atoms with Crippen molar-refractivity contribution >= 4 is 39.9 Å². The molecule has 1 unspecified atom stereocenters. The van der Waals surface area contributed by atoms with Crippen molar-refractivity contribution in [2.24, 2.45) is 5.73 Å². The van der Waals surface area contributed by atoms with Crippen LogP contribution in [0.25, 0.3) is 10.8 Å². The lowest BCUT2D eigenvalue weighted by molar-refractivity contribution is -0.165. The fourth-order valence-corrected chi connectivity index (χ4v) is 5.13. The van der Waals surface area contributed by atoms with Gasteiger partial charge in [-0.1, -0.05) is 54.6 Å². The third kappa shape index (κ3) is 5.82. The molecule has 198 valence electrons. The number of rotatable bonds is 9. The second kappa shape index (κ2) is 11.9. The molecule has 4 rings (SSSR count). The van der Waals surface area contributed by atoms with Crippen LogP contribution in [0, 0.1) is 11.3 Å². The average molecular weight is 541 g/mol. The molecule has 0 aliphatic rings. The van der Waals surface area contributed by atoms with E-state index in [-0.39, 0.29) is 19.1 Å². The van der Waals surface area contributed by atoms with Crippen LogP contribution in [-0.2, 0) is 33.1 Å². The number of nitrogens with one attached hydrogen (secondary N) is 1. The van der Waals surface area contributed by atoms with Crippen molar-refractivity contribution in [1.29, 1.82) is 5.26 Å². The molecule has 39 heavy (non-hydrogen) atoms. The standard InChI is InChI=1S/C30H28N4O4S/c1-3-38-29(37)30(32,34(20(2)35)19-21-8-5-4-6-9-21)23-12-15-26-22(16-23)10-7-11-27(26)28(36)33-18-25-14-13-24(17-31)39-25/h4-16H,3,18-19,32H2,1-2H3,(H,33,36). The van der Waals surface area contributed by atoms with E-state index in [1.807, 2.05) is 42.5 Å². The Morgan fingerprint density at radius 1 is 1.05 bits per heavy atom. The SMILES string of the molecule is CCOC(=O)C(N)(c1ccc2c(C(=O)NCc3ccc(C#N)s3)cccc2c1)N(Cc1ccccc1)C(C)=O. The van der Waals surface area contributed by atoms with E-state index in [9.17, 15) is 14.4 Å². The summed E-state index contributed by atoms with van der Waals surface area (Å²) in [6.45, 7) is 3.52. The first-order valence-corrected chi connectivity index (χ1v) is 13.2. The minimum Gasteiger partial charge on any atom is -0.463 e. The molecule has 0 fully saturated rings. The van der Waals surface area contributed by atoms with E-state index < -0.39 is 17.5 Å². The zero-order chi connectivity index (χ0) is 28.0. The lowest BCUT2D eigenvalue weighted by Gasteiger charge is -2.38. The van der Waals surface area contributed by atoms with Gasteiger partial charge in [-0.15, -0.1) is 11.3 Å². The highest BCUT2D eigenvalue weighted by atomic mass is 32.1. The number of carbonyl (C=O) groups excluding carboxylic acids is 3. The first-order valence-electron chi connectivity index (χ1n) is 12.4. The van der Waals surface area contributed by atoms with Gasteiger partial charge in [-0.2, -0.15) is 5.26 Å². The molecule has 9 heteroatoms. The number of esters is 1. The number of thiophene rings is 1. The van der Waals surface area contributed by atoms with Crippen LogP contribution in [0.3, 0.4) is 0 Å². The van der Waals surface area contributed by atoms with Crippen molar-refractivity contribution in [3.05, 3.63) is 105 Å². The Bertz CT molecular complexity index is 1560. The van der Waals surface area contributed by atoms with Gasteiger partial charge in [0, 0.05) is 29.5 Å². The second-order valence-corrected chi connectivity index (χ2v) is 10.0. The van der Waals surface area contributed by atoms with E-state index in [1.165, 1.54) is 23.2 Å². The molecular formula is C30H28N4O4S. The van der Waals surface area contributed by atoms with Crippen molar-refractivity contribution in [2.45, 2.75) is 32.6 Å². The number of hydrogen-bond acceptors (Lipinski definition) is 7. The van der Waals surface area contributed by atoms with Crippen molar-refractivity contribution < 1.29 is 19.1 Å². The Morgan fingerprint density at radius 2 is 1.82 bits per heavy atom. The number of ether oxygens (including phenoxy) is 1. The number of benzene rings is 3. The summed E-state index contributed by atoms with van der Waals surface area (Å²) < 4.78 is 5.35. The summed E-state index contributed by atoms with van der Waals surface area (Å²) in [5.74, 6) is -1.42. The first kappa shape index (κ1) is 27.5. The van der Waals surface area contributed by atoms with Crippen molar-refractivity contribution in [3.63, 3.8) is 0 Å². The number of amides is 2. The van der Waals surface area contributed by atoms with E-state index in [1.54, 1.807) is 43.3 Å². The Balaban J connectivity index is 1.70. The topological polar surface area (TPSA) is 126 Å². The van der Waals surface area contributed by atoms with Crippen LogP contribution in [0.15, 0.2) is 78.9 Å². The van der Waals surface area contributed by atoms with Crippen LogP contribution in [0.1, 0.15) is 45.1 Å².